The van der Waals surface area contributed by atoms with Crippen molar-refractivity contribution in [1.29, 1.82) is 0 Å². The zero-order valence-corrected chi connectivity index (χ0v) is 19.7. The molecule has 0 aliphatic carbocycles. The van der Waals surface area contributed by atoms with E-state index >= 15 is 0 Å². The number of fused-ring (bicyclic) bond motifs is 1. The molecule has 0 spiro atoms. The normalized spacial score (nSPS) is 24.5. The maximum atomic E-state index is 13.3. The Kier molecular flexibility index (Phi) is 6.89. The minimum Gasteiger partial charge on any atom is -0.339 e. The van der Waals surface area contributed by atoms with Gasteiger partial charge in [-0.1, -0.05) is 23.9 Å². The molecule has 2 saturated heterocycles. The first-order valence-electron chi connectivity index (χ1n) is 11.6. The minimum atomic E-state index is 0.140. The van der Waals surface area contributed by atoms with E-state index in [-0.39, 0.29) is 30.4 Å². The van der Waals surface area contributed by atoms with E-state index in [9.17, 15) is 9.59 Å². The molecule has 168 valence electrons. The summed E-state index contributed by atoms with van der Waals surface area (Å²) in [6, 6.07) is 8.77. The quantitative estimate of drug-likeness (QED) is 0.647. The van der Waals surface area contributed by atoms with Gasteiger partial charge in [-0.25, -0.2) is 4.98 Å². The molecule has 1 aromatic heterocycles. The summed E-state index contributed by atoms with van der Waals surface area (Å²) in [6.45, 7) is 7.55. The molecule has 0 N–H and O–H groups in total. The van der Waals surface area contributed by atoms with Gasteiger partial charge in [0.05, 0.1) is 16.8 Å². The van der Waals surface area contributed by atoms with E-state index < -0.39 is 0 Å². The van der Waals surface area contributed by atoms with Crippen LogP contribution in [0.5, 0.6) is 0 Å². The van der Waals surface area contributed by atoms with Crippen LogP contribution in [0.2, 0.25) is 0 Å². The first kappa shape index (κ1) is 22.2. The monoisotopic (exact) mass is 442 g/mol. The summed E-state index contributed by atoms with van der Waals surface area (Å²) in [5, 5.41) is 0.755. The number of rotatable bonds is 5. The second-order valence-corrected chi connectivity index (χ2v) is 10.1. The zero-order chi connectivity index (χ0) is 22.0. The van der Waals surface area contributed by atoms with Crippen molar-refractivity contribution in [1.82, 2.24) is 19.4 Å². The topological polar surface area (TPSA) is 58.4 Å². The minimum absolute atomic E-state index is 0.140. The predicted molar refractivity (Wildman–Crippen MR) is 125 cm³/mol. The van der Waals surface area contributed by atoms with Gasteiger partial charge in [-0.3, -0.25) is 9.59 Å². The van der Waals surface area contributed by atoms with Gasteiger partial charge in [-0.15, -0.1) is 0 Å². The Labute approximate surface area is 189 Å². The Hall–Kier alpha value is -2.02. The molecule has 3 atom stereocenters. The highest BCUT2D eigenvalue weighted by molar-refractivity contribution is 7.99. The van der Waals surface area contributed by atoms with Gasteiger partial charge in [-0.05, 0) is 71.4 Å². The molecular formula is C24H34N4O2S. The lowest BCUT2D eigenvalue weighted by Gasteiger charge is -2.39. The van der Waals surface area contributed by atoms with Crippen molar-refractivity contribution in [2.45, 2.75) is 89.1 Å². The lowest BCUT2D eigenvalue weighted by molar-refractivity contribution is -0.138. The summed E-state index contributed by atoms with van der Waals surface area (Å²) < 4.78 is 2.00. The molecule has 2 aliphatic rings. The lowest BCUT2D eigenvalue weighted by Crippen LogP contribution is -2.48. The predicted octanol–water partition coefficient (Wildman–Crippen LogP) is 4.32. The van der Waals surface area contributed by atoms with Gasteiger partial charge in [0.2, 0.25) is 11.8 Å². The van der Waals surface area contributed by atoms with Gasteiger partial charge >= 0.3 is 0 Å². The number of aromatic nitrogens is 2. The first-order chi connectivity index (χ1) is 15.0. The smallest absolute Gasteiger partial charge is 0.243 e. The van der Waals surface area contributed by atoms with Crippen LogP contribution in [0.15, 0.2) is 29.4 Å². The molecule has 0 saturated carbocycles. The Morgan fingerprint density at radius 2 is 1.68 bits per heavy atom. The number of hydrogen-bond acceptors (Lipinski definition) is 4. The lowest BCUT2D eigenvalue weighted by atomic mass is 9.97. The van der Waals surface area contributed by atoms with Crippen molar-refractivity contribution in [2.24, 2.45) is 0 Å². The molecule has 2 fully saturated rings. The number of para-hydroxylation sites is 2. The highest BCUT2D eigenvalue weighted by Gasteiger charge is 2.30. The van der Waals surface area contributed by atoms with Crippen LogP contribution in [0.25, 0.3) is 11.0 Å². The van der Waals surface area contributed by atoms with Crippen LogP contribution < -0.4 is 0 Å². The van der Waals surface area contributed by atoms with Crippen molar-refractivity contribution < 1.29 is 9.59 Å². The fraction of sp³-hybridized carbons (Fsp3) is 0.625. The highest BCUT2D eigenvalue weighted by atomic mass is 32.2. The van der Waals surface area contributed by atoms with Crippen molar-refractivity contribution >= 4 is 34.6 Å². The summed E-state index contributed by atoms with van der Waals surface area (Å²) in [4.78, 5) is 35.0. The number of nitrogens with zero attached hydrogens (tertiary/aromatic N) is 4. The van der Waals surface area contributed by atoms with Crippen molar-refractivity contribution in [3.8, 4) is 0 Å². The maximum Gasteiger partial charge on any atom is 0.243 e. The standard InChI is InChI=1S/C24H34N4O2S/c1-17-9-6-7-14-26(17)23(30)16-31-24-25-20-12-4-5-13-21(20)27(24)15-22(29)28-18(2)10-8-11-19(28)3/h4-5,12-13,17-19H,6-11,14-16H2,1-3H3/t17-,18-,19+/m1/s1. The molecule has 2 aromatic rings. The molecule has 0 bridgehead atoms. The van der Waals surface area contributed by atoms with Crippen LogP contribution in [-0.4, -0.2) is 61.6 Å². The number of likely N-dealkylation sites (tertiary alicyclic amines) is 2. The molecule has 4 rings (SSSR count). The van der Waals surface area contributed by atoms with Crippen LogP contribution in [0.3, 0.4) is 0 Å². The van der Waals surface area contributed by atoms with E-state index in [4.69, 9.17) is 4.98 Å². The fourth-order valence-electron chi connectivity index (χ4n) is 5.12. The summed E-state index contributed by atoms with van der Waals surface area (Å²) in [7, 11) is 0. The van der Waals surface area contributed by atoms with Gasteiger partial charge < -0.3 is 14.4 Å². The van der Waals surface area contributed by atoms with Gasteiger partial charge in [-0.2, -0.15) is 0 Å². The Bertz CT molecular complexity index is 933. The van der Waals surface area contributed by atoms with Crippen LogP contribution in [0.1, 0.15) is 59.3 Å². The third kappa shape index (κ3) is 4.76. The van der Waals surface area contributed by atoms with Crippen LogP contribution in [0, 0.1) is 0 Å². The second-order valence-electron chi connectivity index (χ2n) is 9.12. The summed E-state index contributed by atoms with van der Waals surface area (Å²) in [5.41, 5.74) is 1.82. The maximum absolute atomic E-state index is 13.3. The number of hydrogen-bond donors (Lipinski definition) is 0. The van der Waals surface area contributed by atoms with Crippen molar-refractivity contribution in [2.75, 3.05) is 12.3 Å². The molecule has 7 heteroatoms. The van der Waals surface area contributed by atoms with E-state index in [1.54, 1.807) is 0 Å². The second kappa shape index (κ2) is 9.63. The van der Waals surface area contributed by atoms with E-state index in [1.165, 1.54) is 24.6 Å². The number of carbonyl (C=O) groups is 2. The molecule has 3 heterocycles. The number of benzene rings is 1. The fourth-order valence-corrected chi connectivity index (χ4v) is 6.02. The SMILES string of the molecule is C[C@@H]1CCCCN1C(=O)CSc1nc2ccccc2n1CC(=O)N1[C@H](C)CCC[C@@H]1C. The largest absolute Gasteiger partial charge is 0.339 e. The zero-order valence-electron chi connectivity index (χ0n) is 18.9. The first-order valence-corrected chi connectivity index (χ1v) is 12.6. The van der Waals surface area contributed by atoms with E-state index in [2.05, 4.69) is 20.8 Å². The third-order valence-electron chi connectivity index (χ3n) is 6.84. The van der Waals surface area contributed by atoms with Crippen LogP contribution in [0.4, 0.5) is 0 Å². The Balaban J connectivity index is 1.53. The summed E-state index contributed by atoms with van der Waals surface area (Å²) in [5.74, 6) is 0.666. The molecule has 2 aliphatic heterocycles. The van der Waals surface area contributed by atoms with Gasteiger partial charge in [0, 0.05) is 24.7 Å². The van der Waals surface area contributed by atoms with Crippen LogP contribution >= 0.6 is 11.8 Å². The average Bonchev–Trinajstić information content (AvgIpc) is 3.09. The Morgan fingerprint density at radius 3 is 2.42 bits per heavy atom. The average molecular weight is 443 g/mol. The molecule has 1 aromatic carbocycles. The molecule has 6 nitrogen and oxygen atoms in total. The van der Waals surface area contributed by atoms with Gasteiger partial charge in [0.25, 0.3) is 0 Å². The van der Waals surface area contributed by atoms with E-state index in [1.807, 2.05) is 38.6 Å². The third-order valence-corrected chi connectivity index (χ3v) is 7.80. The van der Waals surface area contributed by atoms with E-state index in [0.717, 1.165) is 48.4 Å². The molecule has 0 unspecified atom stereocenters. The molecular weight excluding hydrogens is 408 g/mol. The van der Waals surface area contributed by atoms with Crippen molar-refractivity contribution in [3.05, 3.63) is 24.3 Å². The molecule has 31 heavy (non-hydrogen) atoms. The Morgan fingerprint density at radius 1 is 0.968 bits per heavy atom. The number of piperidine rings is 2. The van der Waals surface area contributed by atoms with Crippen molar-refractivity contribution in [3.63, 3.8) is 0 Å². The van der Waals surface area contributed by atoms with Gasteiger partial charge in [0.1, 0.15) is 6.54 Å². The number of thioether (sulfide) groups is 1. The van der Waals surface area contributed by atoms with E-state index in [0.29, 0.717) is 11.8 Å². The number of amides is 2. The highest BCUT2D eigenvalue weighted by Crippen LogP contribution is 2.28. The van der Waals surface area contributed by atoms with Gasteiger partial charge in [0.15, 0.2) is 5.16 Å². The molecule has 2 amide bonds. The van der Waals surface area contributed by atoms with Crippen LogP contribution in [-0.2, 0) is 16.1 Å². The number of carbonyl (C=O) groups excluding carboxylic acids is 2. The summed E-state index contributed by atoms with van der Waals surface area (Å²) in [6.07, 6.45) is 6.66. The summed E-state index contributed by atoms with van der Waals surface area (Å²) >= 11 is 1.46. The number of imidazole rings is 1. The molecule has 0 radical (unpaired) electrons.